The normalized spacial score (nSPS) is 15.0. The minimum atomic E-state index is -0.654. The highest BCUT2D eigenvalue weighted by Crippen LogP contribution is 2.71. The third-order valence-corrected chi connectivity index (χ3v) is 27.5. The molecular weight excluding hydrogens is 1350 g/mol. The van der Waals surface area contributed by atoms with E-state index in [9.17, 15) is 0 Å². The molecule has 2 heteroatoms. The fraction of sp³-hybridized carbons (Fsp3) is 0.0545. The third kappa shape index (κ3) is 7.21. The summed E-state index contributed by atoms with van der Waals surface area (Å²) in [6.45, 7) is 2.31. The molecule has 6 aliphatic rings. The number of nitrogens with zero attached hydrogens (tertiary/aromatic N) is 2. The summed E-state index contributed by atoms with van der Waals surface area (Å²) < 4.78 is 5.17. The standard InChI is InChI=1S/C110H68N2/c1-66-58-67(61-72(59-66)112-103-65-83-78-38-12-16-42-88(78)109(101(83)63-85(103)80-57-55-69-29-6-8-34-74(69)106(80)112)95-49-23-19-45-91(95)107(92-46-20-24-50-96(92)109)86-40-14-9-35-75(86)76-36-10-15-41-87(76)107)60-70-30-27-53-99-104(70)81-39-13-18-44-90(81)108(99)93-47-21-25-51-97(93)110(98-52-26-22-48-94(98)108)89-43-17-11-37-77(89)82-64-102-84(62-100(82)110)79-56-54-68-28-5-7-33-73(68)105(79)111(102)71-31-3-2-4-32-71/h2-59,61-65H,60H2,1H3. The summed E-state index contributed by atoms with van der Waals surface area (Å²) in [5, 5.41) is 9.97. The van der Waals surface area contributed by atoms with Gasteiger partial charge in [0.15, 0.2) is 0 Å². The first-order valence-electron chi connectivity index (χ1n) is 39.7. The summed E-state index contributed by atoms with van der Waals surface area (Å²) >= 11 is 0. The highest BCUT2D eigenvalue weighted by atomic mass is 15.0. The molecular formula is C110H68N2. The molecule has 0 fully saturated rings. The number of aromatic nitrogens is 2. The zero-order valence-corrected chi connectivity index (χ0v) is 61.5. The molecule has 0 bridgehead atoms. The molecule has 4 spiro atoms. The lowest BCUT2D eigenvalue weighted by Crippen LogP contribution is -2.43. The number of fused-ring (bicyclic) bond motifs is 42. The van der Waals surface area contributed by atoms with Gasteiger partial charge in [0.2, 0.25) is 0 Å². The van der Waals surface area contributed by atoms with Gasteiger partial charge < -0.3 is 9.13 Å². The van der Waals surface area contributed by atoms with Crippen LogP contribution in [-0.4, -0.2) is 9.13 Å². The van der Waals surface area contributed by atoms with E-state index in [1.807, 2.05) is 0 Å². The minimum Gasteiger partial charge on any atom is -0.309 e. The van der Waals surface area contributed by atoms with Crippen molar-refractivity contribution >= 4 is 65.2 Å². The lowest BCUT2D eigenvalue weighted by Gasteiger charge is -2.48. The van der Waals surface area contributed by atoms with Gasteiger partial charge in [-0.3, -0.25) is 0 Å². The summed E-state index contributed by atoms with van der Waals surface area (Å²) in [6.07, 6.45) is 0.733. The first kappa shape index (κ1) is 61.0. The monoisotopic (exact) mass is 1420 g/mol. The maximum Gasteiger partial charge on any atom is 0.0720 e. The third-order valence-electron chi connectivity index (χ3n) is 27.5. The molecule has 0 amide bonds. The van der Waals surface area contributed by atoms with Crippen molar-refractivity contribution < 1.29 is 0 Å². The number of aryl methyl sites for hydroxylation is 1. The minimum absolute atomic E-state index is 0.526. The van der Waals surface area contributed by atoms with Crippen LogP contribution in [0.1, 0.15) is 106 Å². The number of rotatable bonds is 4. The van der Waals surface area contributed by atoms with Gasteiger partial charge in [-0.2, -0.15) is 0 Å². The van der Waals surface area contributed by atoms with Gasteiger partial charge in [0.05, 0.1) is 43.7 Å². The SMILES string of the molecule is Cc1cc(Cc2cccc3c2-c2ccccc2C32c3ccccc3C3(c4ccccc4-c4cc5c(cc43)c3ccc4ccccc4c3n5-c3ccccc3)c3ccccc32)cc(-n2c3cc4c(cc3c3ccc5ccccc5c32)C2(c3ccccc3-4)c3ccccc3C3(c4ccccc4-c4ccccc43)c3ccccc32)c1. The van der Waals surface area contributed by atoms with E-state index >= 15 is 0 Å². The van der Waals surface area contributed by atoms with Gasteiger partial charge in [-0.1, -0.05) is 334 Å². The van der Waals surface area contributed by atoms with Crippen molar-refractivity contribution in [1.82, 2.24) is 9.13 Å². The number of benzene rings is 18. The van der Waals surface area contributed by atoms with Crippen LogP contribution in [0.15, 0.2) is 382 Å². The van der Waals surface area contributed by atoms with Crippen molar-refractivity contribution in [2.24, 2.45) is 0 Å². The summed E-state index contributed by atoms with van der Waals surface area (Å²) in [6, 6.07) is 148. The molecule has 18 aromatic carbocycles. The highest BCUT2D eigenvalue weighted by Gasteiger charge is 2.61. The maximum absolute atomic E-state index is 2.64. The zero-order valence-electron chi connectivity index (χ0n) is 61.5. The summed E-state index contributed by atoms with van der Waals surface area (Å²) in [7, 11) is 0. The van der Waals surface area contributed by atoms with Crippen molar-refractivity contribution in [3.8, 4) is 55.9 Å². The van der Waals surface area contributed by atoms with E-state index in [1.165, 1.54) is 221 Å². The fourth-order valence-electron chi connectivity index (χ4n) is 23.7. The van der Waals surface area contributed by atoms with E-state index < -0.39 is 21.7 Å². The molecule has 0 unspecified atom stereocenters. The molecule has 2 heterocycles. The van der Waals surface area contributed by atoms with Crippen LogP contribution in [0, 0.1) is 6.92 Å². The maximum atomic E-state index is 2.64. The molecule has 26 rings (SSSR count). The van der Waals surface area contributed by atoms with E-state index in [-0.39, 0.29) is 0 Å². The average Bonchev–Trinajstić information content (AvgIpc) is 1.46. The second-order valence-corrected chi connectivity index (χ2v) is 32.3. The van der Waals surface area contributed by atoms with Gasteiger partial charge in [0.25, 0.3) is 0 Å². The Kier molecular flexibility index (Phi) is 11.8. The van der Waals surface area contributed by atoms with Gasteiger partial charge >= 0.3 is 0 Å². The van der Waals surface area contributed by atoms with Crippen LogP contribution in [-0.2, 0) is 28.1 Å². The first-order chi connectivity index (χ1) is 55.5. The lowest BCUT2D eigenvalue weighted by atomic mass is 9.52. The zero-order chi connectivity index (χ0) is 73.1. The molecule has 0 radical (unpaired) electrons. The predicted octanol–water partition coefficient (Wildman–Crippen LogP) is 26.2. The summed E-state index contributed by atoms with van der Waals surface area (Å²) in [5.74, 6) is 0. The summed E-state index contributed by atoms with van der Waals surface area (Å²) in [5.41, 5.74) is 40.4. The topological polar surface area (TPSA) is 9.86 Å². The van der Waals surface area contributed by atoms with E-state index in [1.54, 1.807) is 0 Å². The Labute approximate surface area is 648 Å². The van der Waals surface area contributed by atoms with E-state index in [0.29, 0.717) is 0 Å². The molecule has 0 atom stereocenters. The van der Waals surface area contributed by atoms with Gasteiger partial charge in [-0.15, -0.1) is 0 Å². The van der Waals surface area contributed by atoms with Crippen LogP contribution >= 0.6 is 0 Å². The molecule has 0 aliphatic heterocycles. The molecule has 0 saturated carbocycles. The molecule has 2 nitrogen and oxygen atoms in total. The van der Waals surface area contributed by atoms with Crippen molar-refractivity contribution in [2.75, 3.05) is 0 Å². The van der Waals surface area contributed by atoms with Gasteiger partial charge in [-0.25, -0.2) is 0 Å². The van der Waals surface area contributed by atoms with Crippen LogP contribution in [0.5, 0.6) is 0 Å². The molecule has 20 aromatic rings. The highest BCUT2D eigenvalue weighted by molar-refractivity contribution is 6.22. The van der Waals surface area contributed by atoms with E-state index in [2.05, 4.69) is 398 Å². The van der Waals surface area contributed by atoms with Crippen LogP contribution in [0.2, 0.25) is 0 Å². The number of para-hydroxylation sites is 1. The first-order valence-corrected chi connectivity index (χ1v) is 39.7. The van der Waals surface area contributed by atoms with Crippen LogP contribution < -0.4 is 0 Å². The average molecular weight is 1420 g/mol. The smallest absolute Gasteiger partial charge is 0.0720 e. The van der Waals surface area contributed by atoms with Gasteiger partial charge in [0, 0.05) is 43.7 Å². The van der Waals surface area contributed by atoms with Crippen molar-refractivity contribution in [3.63, 3.8) is 0 Å². The van der Waals surface area contributed by atoms with Crippen molar-refractivity contribution in [2.45, 2.75) is 35.0 Å². The fourth-order valence-corrected chi connectivity index (χ4v) is 23.7. The molecule has 112 heavy (non-hydrogen) atoms. The Morgan fingerprint density at radius 3 is 1.00 bits per heavy atom. The number of hydrogen-bond donors (Lipinski definition) is 0. The van der Waals surface area contributed by atoms with Crippen LogP contribution in [0.3, 0.4) is 0 Å². The van der Waals surface area contributed by atoms with Gasteiger partial charge in [-0.05, 0) is 223 Å². The second-order valence-electron chi connectivity index (χ2n) is 32.3. The van der Waals surface area contributed by atoms with Gasteiger partial charge in [0.1, 0.15) is 0 Å². The molecule has 0 saturated heterocycles. The van der Waals surface area contributed by atoms with Crippen LogP contribution in [0.25, 0.3) is 121 Å². The predicted molar refractivity (Wildman–Crippen MR) is 460 cm³/mol. The molecule has 0 N–H and O–H groups in total. The second kappa shape index (κ2) is 21.7. The largest absolute Gasteiger partial charge is 0.309 e. The Morgan fingerprint density at radius 1 is 0.214 bits per heavy atom. The van der Waals surface area contributed by atoms with E-state index in [4.69, 9.17) is 0 Å². The molecule has 2 aromatic heterocycles. The van der Waals surface area contributed by atoms with Crippen molar-refractivity contribution in [3.05, 3.63) is 488 Å². The molecule has 6 aliphatic carbocycles. The number of hydrogen-bond acceptors (Lipinski definition) is 0. The quantitative estimate of drug-likeness (QED) is 0.166. The Bertz CT molecular complexity index is 7500. The summed E-state index contributed by atoms with van der Waals surface area (Å²) in [4.78, 5) is 0. The molecule has 518 valence electrons. The Balaban J connectivity index is 0.667. The lowest BCUT2D eigenvalue weighted by molar-refractivity contribution is 0.633. The Hall–Kier alpha value is -13.9. The van der Waals surface area contributed by atoms with E-state index in [0.717, 1.165) is 12.1 Å². The van der Waals surface area contributed by atoms with Crippen LogP contribution in [0.4, 0.5) is 0 Å². The Morgan fingerprint density at radius 2 is 0.554 bits per heavy atom. The van der Waals surface area contributed by atoms with Crippen molar-refractivity contribution in [1.29, 1.82) is 0 Å².